The van der Waals surface area contributed by atoms with Crippen LogP contribution in [0.1, 0.15) is 13.3 Å². The average Bonchev–Trinajstić information content (AvgIpc) is 1.85. The summed E-state index contributed by atoms with van der Waals surface area (Å²) < 4.78 is 4.89. The SMILES string of the molecule is CC=COCCC[Si](O)(O)O. The Morgan fingerprint density at radius 3 is 2.45 bits per heavy atom. The molecule has 0 aliphatic heterocycles. The van der Waals surface area contributed by atoms with E-state index in [1.165, 1.54) is 6.26 Å². The highest BCUT2D eigenvalue weighted by molar-refractivity contribution is 6.56. The molecule has 5 heteroatoms. The Bertz CT molecular complexity index is 118. The van der Waals surface area contributed by atoms with Gasteiger partial charge in [-0.15, -0.1) is 0 Å². The lowest BCUT2D eigenvalue weighted by atomic mass is 10.5. The predicted molar refractivity (Wildman–Crippen MR) is 42.6 cm³/mol. The van der Waals surface area contributed by atoms with Crippen LogP contribution in [0, 0.1) is 0 Å². The monoisotopic (exact) mass is 178 g/mol. The molecule has 0 heterocycles. The summed E-state index contributed by atoms with van der Waals surface area (Å²) in [7, 11) is -3.82. The number of allylic oxidation sites excluding steroid dienone is 1. The standard InChI is InChI=1S/C6H14O4Si/c1-2-4-10-5-3-6-11(7,8)9/h2,4,7-9H,3,5-6H2,1H3. The molecule has 0 amide bonds. The summed E-state index contributed by atoms with van der Waals surface area (Å²) in [6.45, 7) is 2.23. The minimum Gasteiger partial charge on any atom is -0.502 e. The molecular weight excluding hydrogens is 164 g/mol. The number of hydrogen-bond donors (Lipinski definition) is 3. The lowest BCUT2D eigenvalue weighted by molar-refractivity contribution is 0.208. The molecule has 0 unspecified atom stereocenters. The van der Waals surface area contributed by atoms with Crippen LogP contribution in [0.15, 0.2) is 12.3 Å². The van der Waals surface area contributed by atoms with Gasteiger partial charge in [0.1, 0.15) is 0 Å². The Labute approximate surface area is 67.1 Å². The first-order valence-corrected chi connectivity index (χ1v) is 5.51. The number of ether oxygens (including phenoxy) is 1. The summed E-state index contributed by atoms with van der Waals surface area (Å²) >= 11 is 0. The third-order valence-electron chi connectivity index (χ3n) is 1.01. The number of hydrogen-bond acceptors (Lipinski definition) is 4. The van der Waals surface area contributed by atoms with Crippen LogP contribution < -0.4 is 0 Å². The van der Waals surface area contributed by atoms with Gasteiger partial charge in [0.15, 0.2) is 0 Å². The van der Waals surface area contributed by atoms with E-state index in [-0.39, 0.29) is 6.04 Å². The molecule has 3 N–H and O–H groups in total. The van der Waals surface area contributed by atoms with Crippen LogP contribution in [-0.4, -0.2) is 29.8 Å². The van der Waals surface area contributed by atoms with Gasteiger partial charge >= 0.3 is 8.80 Å². The molecule has 0 spiro atoms. The Morgan fingerprint density at radius 2 is 2.00 bits per heavy atom. The van der Waals surface area contributed by atoms with Crippen molar-refractivity contribution in [3.8, 4) is 0 Å². The van der Waals surface area contributed by atoms with E-state index >= 15 is 0 Å². The summed E-state index contributed by atoms with van der Waals surface area (Å²) in [6.07, 6.45) is 3.72. The largest absolute Gasteiger partial charge is 0.502 e. The molecule has 0 aromatic rings. The van der Waals surface area contributed by atoms with Gasteiger partial charge < -0.3 is 19.1 Å². The summed E-state index contributed by atoms with van der Waals surface area (Å²) in [5, 5.41) is 0. The van der Waals surface area contributed by atoms with Gasteiger partial charge in [0.2, 0.25) is 0 Å². The van der Waals surface area contributed by atoms with E-state index < -0.39 is 8.80 Å². The average molecular weight is 178 g/mol. The fourth-order valence-electron chi connectivity index (χ4n) is 0.557. The van der Waals surface area contributed by atoms with Crippen LogP contribution in [0.25, 0.3) is 0 Å². The Kier molecular flexibility index (Phi) is 5.13. The molecule has 4 nitrogen and oxygen atoms in total. The van der Waals surface area contributed by atoms with Gasteiger partial charge in [-0.1, -0.05) is 6.08 Å². The zero-order valence-corrected chi connectivity index (χ0v) is 7.53. The maximum atomic E-state index is 8.55. The maximum Gasteiger partial charge on any atom is 0.492 e. The van der Waals surface area contributed by atoms with Gasteiger partial charge in [-0.25, -0.2) is 0 Å². The minimum absolute atomic E-state index is 0.0323. The highest BCUT2D eigenvalue weighted by Crippen LogP contribution is 2.00. The van der Waals surface area contributed by atoms with Crippen LogP contribution in [0.3, 0.4) is 0 Å². The second-order valence-corrected chi connectivity index (χ2v) is 4.27. The molecule has 0 saturated carbocycles. The molecule has 11 heavy (non-hydrogen) atoms. The lowest BCUT2D eigenvalue weighted by Crippen LogP contribution is -2.34. The highest BCUT2D eigenvalue weighted by atomic mass is 28.4. The fraction of sp³-hybridized carbons (Fsp3) is 0.667. The zero-order chi connectivity index (χ0) is 8.74. The first-order valence-electron chi connectivity index (χ1n) is 3.46. The summed E-state index contributed by atoms with van der Waals surface area (Å²) in [5.41, 5.74) is 0. The summed E-state index contributed by atoms with van der Waals surface area (Å²) in [6, 6.07) is 0.0323. The summed E-state index contributed by atoms with van der Waals surface area (Å²) in [4.78, 5) is 25.7. The molecule has 0 rings (SSSR count). The van der Waals surface area contributed by atoms with Gasteiger partial charge in [-0.05, 0) is 13.3 Å². The lowest BCUT2D eigenvalue weighted by Gasteiger charge is -2.07. The Morgan fingerprint density at radius 1 is 1.36 bits per heavy atom. The van der Waals surface area contributed by atoms with E-state index in [1.807, 2.05) is 6.92 Å². The topological polar surface area (TPSA) is 69.9 Å². The van der Waals surface area contributed by atoms with E-state index in [0.717, 1.165) is 0 Å². The molecule has 0 bridgehead atoms. The van der Waals surface area contributed by atoms with Crippen molar-refractivity contribution in [2.24, 2.45) is 0 Å². The smallest absolute Gasteiger partial charge is 0.492 e. The molecule has 0 saturated heterocycles. The first-order chi connectivity index (χ1) is 5.06. The zero-order valence-electron chi connectivity index (χ0n) is 6.53. The molecule has 0 aromatic carbocycles. The van der Waals surface area contributed by atoms with Crippen molar-refractivity contribution in [2.45, 2.75) is 19.4 Å². The van der Waals surface area contributed by atoms with Crippen LogP contribution in [-0.2, 0) is 4.74 Å². The maximum absolute atomic E-state index is 8.55. The second kappa shape index (κ2) is 5.31. The van der Waals surface area contributed by atoms with E-state index in [0.29, 0.717) is 13.0 Å². The van der Waals surface area contributed by atoms with E-state index in [1.54, 1.807) is 6.08 Å². The van der Waals surface area contributed by atoms with Crippen molar-refractivity contribution >= 4 is 8.80 Å². The van der Waals surface area contributed by atoms with Gasteiger partial charge in [0, 0.05) is 6.04 Å². The molecule has 0 atom stereocenters. The van der Waals surface area contributed by atoms with Gasteiger partial charge in [-0.2, -0.15) is 0 Å². The first kappa shape index (κ1) is 10.6. The third-order valence-corrected chi connectivity index (χ3v) is 2.03. The van der Waals surface area contributed by atoms with Gasteiger partial charge in [-0.3, -0.25) is 0 Å². The minimum atomic E-state index is -3.82. The van der Waals surface area contributed by atoms with Crippen molar-refractivity contribution in [1.82, 2.24) is 0 Å². The van der Waals surface area contributed by atoms with Crippen LogP contribution in [0.2, 0.25) is 6.04 Å². The van der Waals surface area contributed by atoms with Gasteiger partial charge in [0.25, 0.3) is 0 Å². The van der Waals surface area contributed by atoms with E-state index in [2.05, 4.69) is 0 Å². The van der Waals surface area contributed by atoms with Crippen LogP contribution in [0.4, 0.5) is 0 Å². The van der Waals surface area contributed by atoms with E-state index in [4.69, 9.17) is 19.1 Å². The van der Waals surface area contributed by atoms with Crippen molar-refractivity contribution < 1.29 is 19.1 Å². The summed E-state index contributed by atoms with van der Waals surface area (Å²) in [5.74, 6) is 0. The quantitative estimate of drug-likeness (QED) is 0.311. The van der Waals surface area contributed by atoms with Crippen molar-refractivity contribution in [3.05, 3.63) is 12.3 Å². The molecule has 0 aromatic heterocycles. The molecule has 0 fully saturated rings. The predicted octanol–water partition coefficient (Wildman–Crippen LogP) is -0.158. The second-order valence-electron chi connectivity index (χ2n) is 2.22. The molecule has 66 valence electrons. The van der Waals surface area contributed by atoms with Crippen molar-refractivity contribution in [1.29, 1.82) is 0 Å². The normalized spacial score (nSPS) is 12.4. The van der Waals surface area contributed by atoms with Crippen molar-refractivity contribution in [3.63, 3.8) is 0 Å². The van der Waals surface area contributed by atoms with Crippen LogP contribution in [0.5, 0.6) is 0 Å². The molecule has 0 radical (unpaired) electrons. The van der Waals surface area contributed by atoms with Crippen LogP contribution >= 0.6 is 0 Å². The molecular formula is C6H14O4Si. The molecule has 0 aliphatic carbocycles. The third kappa shape index (κ3) is 9.64. The highest BCUT2D eigenvalue weighted by Gasteiger charge is 2.25. The van der Waals surface area contributed by atoms with Crippen molar-refractivity contribution in [2.75, 3.05) is 6.61 Å². The molecule has 0 aliphatic rings. The Balaban J connectivity index is 3.15. The Hall–Kier alpha value is -0.363. The van der Waals surface area contributed by atoms with Gasteiger partial charge in [0.05, 0.1) is 12.9 Å². The van der Waals surface area contributed by atoms with E-state index in [9.17, 15) is 0 Å². The fourth-order valence-corrected chi connectivity index (χ4v) is 1.18. The number of rotatable bonds is 5.